The number of ether oxygens (including phenoxy) is 2. The number of allylic oxidation sites excluding steroid dienone is 1. The number of aryl methyl sites for hydroxylation is 1. The van der Waals surface area contributed by atoms with Gasteiger partial charge in [0.2, 0.25) is 0 Å². The summed E-state index contributed by atoms with van der Waals surface area (Å²) in [5.41, 5.74) is 3.22. The molecule has 0 saturated carbocycles. The molecule has 1 amide bonds. The standard InChI is InChI=1S/C21H29NO4/c1-5-25-19(23)8-6-7-15-9-10-16-11-12-18(14-17(16)13-15)22-20(24)26-21(2,3)4/h6,8-10,13,18H,5,7,11-12,14H2,1-4H3,(H,22,24). The predicted octanol–water partition coefficient (Wildman–Crippen LogP) is 3.73. The number of alkyl carbamates (subject to hydrolysis) is 1. The highest BCUT2D eigenvalue weighted by Crippen LogP contribution is 2.23. The van der Waals surface area contributed by atoms with Gasteiger partial charge < -0.3 is 14.8 Å². The molecule has 0 fully saturated rings. The largest absolute Gasteiger partial charge is 0.463 e. The fourth-order valence-corrected chi connectivity index (χ4v) is 3.02. The van der Waals surface area contributed by atoms with Gasteiger partial charge in [-0.15, -0.1) is 0 Å². The third-order valence-corrected chi connectivity index (χ3v) is 4.11. The van der Waals surface area contributed by atoms with Crippen LogP contribution in [0.5, 0.6) is 0 Å². The van der Waals surface area contributed by atoms with Crippen LogP contribution in [0.25, 0.3) is 0 Å². The highest BCUT2D eigenvalue weighted by Gasteiger charge is 2.23. The maximum atomic E-state index is 12.0. The number of esters is 1. The minimum absolute atomic E-state index is 0.0858. The van der Waals surface area contributed by atoms with Crippen molar-refractivity contribution >= 4 is 12.1 Å². The van der Waals surface area contributed by atoms with Gasteiger partial charge in [-0.1, -0.05) is 24.3 Å². The van der Waals surface area contributed by atoms with Crippen molar-refractivity contribution < 1.29 is 19.1 Å². The molecule has 1 N–H and O–H groups in total. The molecule has 1 atom stereocenters. The first kappa shape index (κ1) is 20.0. The normalized spacial score (nSPS) is 16.8. The van der Waals surface area contributed by atoms with Crippen LogP contribution >= 0.6 is 0 Å². The molecule has 1 aromatic rings. The number of rotatable bonds is 5. The number of amides is 1. The third kappa shape index (κ3) is 6.54. The van der Waals surface area contributed by atoms with E-state index in [1.165, 1.54) is 17.2 Å². The van der Waals surface area contributed by atoms with E-state index in [4.69, 9.17) is 9.47 Å². The van der Waals surface area contributed by atoms with Crippen LogP contribution in [0.2, 0.25) is 0 Å². The number of hydrogen-bond donors (Lipinski definition) is 1. The molecule has 142 valence electrons. The Morgan fingerprint density at radius 3 is 2.73 bits per heavy atom. The zero-order chi connectivity index (χ0) is 19.2. The average Bonchev–Trinajstić information content (AvgIpc) is 2.53. The SMILES string of the molecule is CCOC(=O)C=CCc1ccc2c(c1)CC(NC(=O)OC(C)(C)C)CC2. The smallest absolute Gasteiger partial charge is 0.407 e. The minimum Gasteiger partial charge on any atom is -0.463 e. The summed E-state index contributed by atoms with van der Waals surface area (Å²) >= 11 is 0. The van der Waals surface area contributed by atoms with Gasteiger partial charge >= 0.3 is 12.1 Å². The van der Waals surface area contributed by atoms with E-state index in [1.54, 1.807) is 6.92 Å². The van der Waals surface area contributed by atoms with E-state index in [2.05, 4.69) is 23.5 Å². The van der Waals surface area contributed by atoms with Crippen molar-refractivity contribution in [3.8, 4) is 0 Å². The predicted molar refractivity (Wildman–Crippen MR) is 101 cm³/mol. The molecule has 1 aliphatic carbocycles. The summed E-state index contributed by atoms with van der Waals surface area (Å²) in [5, 5.41) is 2.97. The summed E-state index contributed by atoms with van der Waals surface area (Å²) in [6.45, 7) is 7.75. The topological polar surface area (TPSA) is 64.6 Å². The second kappa shape index (κ2) is 8.88. The molecule has 1 aromatic carbocycles. The Hall–Kier alpha value is -2.30. The number of carbonyl (C=O) groups excluding carboxylic acids is 2. The number of hydrogen-bond acceptors (Lipinski definition) is 4. The van der Waals surface area contributed by atoms with Crippen LogP contribution in [0.3, 0.4) is 0 Å². The van der Waals surface area contributed by atoms with E-state index in [9.17, 15) is 9.59 Å². The fraction of sp³-hybridized carbons (Fsp3) is 0.524. The molecular weight excluding hydrogens is 330 g/mol. The van der Waals surface area contributed by atoms with Crippen LogP contribution in [0.1, 0.15) is 50.8 Å². The number of fused-ring (bicyclic) bond motifs is 1. The first-order valence-corrected chi connectivity index (χ1v) is 9.20. The van der Waals surface area contributed by atoms with Crippen molar-refractivity contribution in [2.75, 3.05) is 6.61 Å². The molecule has 0 saturated heterocycles. The van der Waals surface area contributed by atoms with E-state index < -0.39 is 5.60 Å². The van der Waals surface area contributed by atoms with Gasteiger partial charge in [-0.3, -0.25) is 0 Å². The van der Waals surface area contributed by atoms with Gasteiger partial charge in [0.05, 0.1) is 6.61 Å². The molecule has 1 unspecified atom stereocenters. The maximum absolute atomic E-state index is 12.0. The van der Waals surface area contributed by atoms with Gasteiger partial charge in [0.15, 0.2) is 0 Å². The Labute approximate surface area is 155 Å². The van der Waals surface area contributed by atoms with Crippen LogP contribution in [-0.2, 0) is 33.5 Å². The van der Waals surface area contributed by atoms with Crippen molar-refractivity contribution in [1.82, 2.24) is 5.32 Å². The summed E-state index contributed by atoms with van der Waals surface area (Å²) in [4.78, 5) is 23.3. The first-order chi connectivity index (χ1) is 12.3. The minimum atomic E-state index is -0.491. The van der Waals surface area contributed by atoms with E-state index >= 15 is 0 Å². The van der Waals surface area contributed by atoms with Gasteiger partial charge in [-0.25, -0.2) is 9.59 Å². The Balaban J connectivity index is 1.94. The van der Waals surface area contributed by atoms with E-state index in [0.717, 1.165) is 24.8 Å². The highest BCUT2D eigenvalue weighted by molar-refractivity contribution is 5.81. The maximum Gasteiger partial charge on any atom is 0.407 e. The lowest BCUT2D eigenvalue weighted by Crippen LogP contribution is -2.41. The molecule has 0 heterocycles. The molecule has 5 heteroatoms. The lowest BCUT2D eigenvalue weighted by molar-refractivity contribution is -0.137. The molecule has 26 heavy (non-hydrogen) atoms. The molecule has 2 rings (SSSR count). The molecule has 1 aliphatic rings. The Bertz CT molecular complexity index is 673. The fourth-order valence-electron chi connectivity index (χ4n) is 3.02. The third-order valence-electron chi connectivity index (χ3n) is 4.11. The zero-order valence-electron chi connectivity index (χ0n) is 16.1. The van der Waals surface area contributed by atoms with Crippen molar-refractivity contribution in [3.63, 3.8) is 0 Å². The van der Waals surface area contributed by atoms with E-state index in [0.29, 0.717) is 13.0 Å². The van der Waals surface area contributed by atoms with E-state index in [1.807, 2.05) is 26.8 Å². The van der Waals surface area contributed by atoms with Crippen molar-refractivity contribution in [2.24, 2.45) is 0 Å². The Morgan fingerprint density at radius 1 is 1.27 bits per heavy atom. The average molecular weight is 359 g/mol. The lowest BCUT2D eigenvalue weighted by atomic mass is 9.87. The number of nitrogens with one attached hydrogen (secondary N) is 1. The molecule has 0 radical (unpaired) electrons. The van der Waals surface area contributed by atoms with E-state index in [-0.39, 0.29) is 18.1 Å². The van der Waals surface area contributed by atoms with Crippen LogP contribution < -0.4 is 5.32 Å². The van der Waals surface area contributed by atoms with Gasteiger partial charge in [-0.2, -0.15) is 0 Å². The van der Waals surface area contributed by atoms with Crippen molar-refractivity contribution in [1.29, 1.82) is 0 Å². The lowest BCUT2D eigenvalue weighted by Gasteiger charge is -2.27. The summed E-state index contributed by atoms with van der Waals surface area (Å²) in [7, 11) is 0. The molecular formula is C21H29NO4. The monoisotopic (exact) mass is 359 g/mol. The van der Waals surface area contributed by atoms with Crippen LogP contribution in [0.15, 0.2) is 30.4 Å². The molecule has 0 aromatic heterocycles. The Kier molecular flexibility index (Phi) is 6.83. The molecule has 0 aliphatic heterocycles. The van der Waals surface area contributed by atoms with Crippen molar-refractivity contribution in [2.45, 2.75) is 65.0 Å². The second-order valence-electron chi connectivity index (χ2n) is 7.55. The first-order valence-electron chi connectivity index (χ1n) is 9.20. The second-order valence-corrected chi connectivity index (χ2v) is 7.55. The van der Waals surface area contributed by atoms with Crippen molar-refractivity contribution in [3.05, 3.63) is 47.0 Å². The summed E-state index contributed by atoms with van der Waals surface area (Å²) < 4.78 is 10.2. The van der Waals surface area contributed by atoms with Crippen LogP contribution in [0, 0.1) is 0 Å². The van der Waals surface area contributed by atoms with Crippen LogP contribution in [0.4, 0.5) is 4.79 Å². The van der Waals surface area contributed by atoms with Gasteiger partial charge in [0.25, 0.3) is 0 Å². The summed E-state index contributed by atoms with van der Waals surface area (Å²) in [6, 6.07) is 6.48. The Morgan fingerprint density at radius 2 is 2.04 bits per heavy atom. The number of carbonyl (C=O) groups is 2. The molecule has 0 spiro atoms. The van der Waals surface area contributed by atoms with Crippen LogP contribution in [-0.4, -0.2) is 30.3 Å². The van der Waals surface area contributed by atoms with Gasteiger partial charge in [-0.05, 0) is 70.1 Å². The molecule has 5 nitrogen and oxygen atoms in total. The van der Waals surface area contributed by atoms with Gasteiger partial charge in [0.1, 0.15) is 5.60 Å². The zero-order valence-corrected chi connectivity index (χ0v) is 16.1. The quantitative estimate of drug-likeness (QED) is 0.643. The van der Waals surface area contributed by atoms with Gasteiger partial charge in [0, 0.05) is 12.1 Å². The summed E-state index contributed by atoms with van der Waals surface area (Å²) in [6.07, 6.45) is 6.25. The molecule has 0 bridgehead atoms. The summed E-state index contributed by atoms with van der Waals surface area (Å²) in [5.74, 6) is -0.313. The highest BCUT2D eigenvalue weighted by atomic mass is 16.6. The number of benzene rings is 1.